The van der Waals surface area contributed by atoms with Gasteiger partial charge in [-0.25, -0.2) is 4.39 Å². The average molecular weight is 272 g/mol. The van der Waals surface area contributed by atoms with Gasteiger partial charge in [-0.05, 0) is 49.2 Å². The van der Waals surface area contributed by atoms with E-state index in [1.807, 2.05) is 19.1 Å². The van der Waals surface area contributed by atoms with Crippen molar-refractivity contribution in [2.24, 2.45) is 0 Å². The molecule has 0 fully saturated rings. The molecule has 0 unspecified atom stereocenters. The van der Waals surface area contributed by atoms with Crippen LogP contribution >= 0.6 is 0 Å². The Balaban J connectivity index is 2.25. The lowest BCUT2D eigenvalue weighted by atomic mass is 10.1. The number of carbonyl (C=O) groups is 1. The van der Waals surface area contributed by atoms with Crippen molar-refractivity contribution in [2.45, 2.75) is 13.8 Å². The van der Waals surface area contributed by atoms with Gasteiger partial charge in [0.25, 0.3) is 5.91 Å². The van der Waals surface area contributed by atoms with Crippen LogP contribution in [-0.4, -0.2) is 13.0 Å². The van der Waals surface area contributed by atoms with Gasteiger partial charge in [0.05, 0.1) is 5.56 Å². The van der Waals surface area contributed by atoms with Gasteiger partial charge in [0.15, 0.2) is 0 Å². The van der Waals surface area contributed by atoms with Gasteiger partial charge in [-0.3, -0.25) is 4.79 Å². The highest BCUT2D eigenvalue weighted by atomic mass is 19.1. The van der Waals surface area contributed by atoms with Gasteiger partial charge in [-0.15, -0.1) is 0 Å². The SMILES string of the molecule is CNc1cc(C)ccc1C(=O)Nc1ccc(C)c(F)c1. The molecule has 2 aromatic rings. The third-order valence-corrected chi connectivity index (χ3v) is 3.12. The Hall–Kier alpha value is -2.36. The van der Waals surface area contributed by atoms with Gasteiger partial charge in [0, 0.05) is 18.4 Å². The molecule has 0 bridgehead atoms. The molecule has 0 aliphatic rings. The van der Waals surface area contributed by atoms with E-state index in [4.69, 9.17) is 0 Å². The zero-order valence-corrected chi connectivity index (χ0v) is 11.8. The lowest BCUT2D eigenvalue weighted by Gasteiger charge is -2.11. The van der Waals surface area contributed by atoms with E-state index >= 15 is 0 Å². The van der Waals surface area contributed by atoms with Crippen LogP contribution in [0, 0.1) is 19.7 Å². The number of rotatable bonds is 3. The van der Waals surface area contributed by atoms with Crippen LogP contribution in [0.1, 0.15) is 21.5 Å². The van der Waals surface area contributed by atoms with Crippen molar-refractivity contribution < 1.29 is 9.18 Å². The molecule has 0 aliphatic heterocycles. The topological polar surface area (TPSA) is 41.1 Å². The summed E-state index contributed by atoms with van der Waals surface area (Å²) < 4.78 is 13.5. The van der Waals surface area contributed by atoms with Crippen molar-refractivity contribution in [1.29, 1.82) is 0 Å². The second kappa shape index (κ2) is 5.74. The number of amides is 1. The number of aryl methyl sites for hydroxylation is 2. The molecule has 0 aliphatic carbocycles. The molecule has 2 rings (SSSR count). The van der Waals surface area contributed by atoms with Gasteiger partial charge in [0.2, 0.25) is 0 Å². The fourth-order valence-corrected chi connectivity index (χ4v) is 1.93. The molecular formula is C16H17FN2O. The summed E-state index contributed by atoms with van der Waals surface area (Å²) in [7, 11) is 1.76. The molecule has 20 heavy (non-hydrogen) atoms. The molecule has 0 aromatic heterocycles. The summed E-state index contributed by atoms with van der Waals surface area (Å²) in [6.07, 6.45) is 0. The van der Waals surface area contributed by atoms with E-state index in [0.717, 1.165) is 11.3 Å². The van der Waals surface area contributed by atoms with E-state index < -0.39 is 0 Å². The number of hydrogen-bond donors (Lipinski definition) is 2. The number of anilines is 2. The Bertz CT molecular complexity index is 653. The van der Waals surface area contributed by atoms with E-state index in [9.17, 15) is 9.18 Å². The zero-order valence-electron chi connectivity index (χ0n) is 11.8. The highest BCUT2D eigenvalue weighted by molar-refractivity contribution is 6.08. The summed E-state index contributed by atoms with van der Waals surface area (Å²) in [5.41, 5.74) is 3.33. The second-order valence-electron chi connectivity index (χ2n) is 4.72. The number of benzene rings is 2. The minimum Gasteiger partial charge on any atom is -0.387 e. The van der Waals surface area contributed by atoms with Crippen LogP contribution in [0.5, 0.6) is 0 Å². The van der Waals surface area contributed by atoms with Gasteiger partial charge < -0.3 is 10.6 Å². The molecule has 2 aromatic carbocycles. The summed E-state index contributed by atoms with van der Waals surface area (Å²) >= 11 is 0. The molecule has 4 heteroatoms. The van der Waals surface area contributed by atoms with Gasteiger partial charge >= 0.3 is 0 Å². The molecular weight excluding hydrogens is 255 g/mol. The Morgan fingerprint density at radius 2 is 1.85 bits per heavy atom. The van der Waals surface area contributed by atoms with Gasteiger partial charge in [-0.1, -0.05) is 12.1 Å². The summed E-state index contributed by atoms with van der Waals surface area (Å²) in [5.74, 6) is -0.599. The molecule has 0 saturated carbocycles. The second-order valence-corrected chi connectivity index (χ2v) is 4.72. The number of nitrogens with one attached hydrogen (secondary N) is 2. The quantitative estimate of drug-likeness (QED) is 0.893. The van der Waals surface area contributed by atoms with E-state index in [1.54, 1.807) is 32.2 Å². The molecule has 0 heterocycles. The van der Waals surface area contributed by atoms with E-state index in [0.29, 0.717) is 16.8 Å². The number of hydrogen-bond acceptors (Lipinski definition) is 2. The predicted molar refractivity (Wildman–Crippen MR) is 79.8 cm³/mol. The molecule has 1 amide bonds. The first-order valence-corrected chi connectivity index (χ1v) is 6.37. The summed E-state index contributed by atoms with van der Waals surface area (Å²) in [4.78, 5) is 12.2. The van der Waals surface area contributed by atoms with Crippen molar-refractivity contribution >= 4 is 17.3 Å². The van der Waals surface area contributed by atoms with Crippen LogP contribution in [0.15, 0.2) is 36.4 Å². The number of carbonyl (C=O) groups excluding carboxylic acids is 1. The molecule has 0 saturated heterocycles. The molecule has 0 radical (unpaired) electrons. The molecule has 0 spiro atoms. The van der Waals surface area contributed by atoms with Crippen LogP contribution < -0.4 is 10.6 Å². The van der Waals surface area contributed by atoms with Crippen LogP contribution in [0.3, 0.4) is 0 Å². The largest absolute Gasteiger partial charge is 0.387 e. The third-order valence-electron chi connectivity index (χ3n) is 3.12. The van der Waals surface area contributed by atoms with Crippen molar-refractivity contribution in [2.75, 3.05) is 17.7 Å². The Kier molecular flexibility index (Phi) is 4.03. The first-order chi connectivity index (χ1) is 9.51. The molecule has 2 N–H and O–H groups in total. The van der Waals surface area contributed by atoms with Crippen molar-refractivity contribution in [1.82, 2.24) is 0 Å². The first kappa shape index (κ1) is 14.1. The third kappa shape index (κ3) is 2.96. The van der Waals surface area contributed by atoms with Crippen molar-refractivity contribution in [3.63, 3.8) is 0 Å². The molecule has 3 nitrogen and oxygen atoms in total. The predicted octanol–water partition coefficient (Wildman–Crippen LogP) is 3.74. The van der Waals surface area contributed by atoms with E-state index in [-0.39, 0.29) is 11.7 Å². The fraction of sp³-hybridized carbons (Fsp3) is 0.188. The average Bonchev–Trinajstić information content (AvgIpc) is 2.42. The van der Waals surface area contributed by atoms with Crippen molar-refractivity contribution in [3.8, 4) is 0 Å². The minimum atomic E-state index is -0.333. The van der Waals surface area contributed by atoms with Crippen LogP contribution in [0.2, 0.25) is 0 Å². The standard InChI is InChI=1S/C16H17FN2O/c1-10-4-7-13(15(8-10)18-3)16(20)19-12-6-5-11(2)14(17)9-12/h4-9,18H,1-3H3,(H,19,20). The maximum absolute atomic E-state index is 13.5. The Morgan fingerprint density at radius 3 is 2.50 bits per heavy atom. The Labute approximate surface area is 117 Å². The molecule has 0 atom stereocenters. The van der Waals surface area contributed by atoms with Gasteiger partial charge in [-0.2, -0.15) is 0 Å². The highest BCUT2D eigenvalue weighted by Crippen LogP contribution is 2.20. The monoisotopic (exact) mass is 272 g/mol. The van der Waals surface area contributed by atoms with Crippen LogP contribution in [-0.2, 0) is 0 Å². The van der Waals surface area contributed by atoms with E-state index in [1.165, 1.54) is 6.07 Å². The summed E-state index contributed by atoms with van der Waals surface area (Å²) in [6, 6.07) is 10.2. The van der Waals surface area contributed by atoms with Crippen molar-refractivity contribution in [3.05, 3.63) is 58.9 Å². The van der Waals surface area contributed by atoms with Crippen LogP contribution in [0.25, 0.3) is 0 Å². The van der Waals surface area contributed by atoms with Gasteiger partial charge in [0.1, 0.15) is 5.82 Å². The fourth-order valence-electron chi connectivity index (χ4n) is 1.93. The first-order valence-electron chi connectivity index (χ1n) is 6.37. The normalized spacial score (nSPS) is 10.2. The van der Waals surface area contributed by atoms with E-state index in [2.05, 4.69) is 10.6 Å². The zero-order chi connectivity index (χ0) is 14.7. The highest BCUT2D eigenvalue weighted by Gasteiger charge is 2.11. The van der Waals surface area contributed by atoms with Crippen LogP contribution in [0.4, 0.5) is 15.8 Å². The number of halogens is 1. The maximum Gasteiger partial charge on any atom is 0.257 e. The molecule has 104 valence electrons. The maximum atomic E-state index is 13.5. The lowest BCUT2D eigenvalue weighted by molar-refractivity contribution is 0.102. The lowest BCUT2D eigenvalue weighted by Crippen LogP contribution is -2.14. The minimum absolute atomic E-state index is 0.266. The summed E-state index contributed by atoms with van der Waals surface area (Å²) in [5, 5.41) is 5.69. The summed E-state index contributed by atoms with van der Waals surface area (Å²) in [6.45, 7) is 3.64. The smallest absolute Gasteiger partial charge is 0.257 e. The Morgan fingerprint density at radius 1 is 1.10 bits per heavy atom.